The van der Waals surface area contributed by atoms with Crippen LogP contribution in [0.15, 0.2) is 18.2 Å². The molecule has 0 aliphatic heterocycles. The zero-order chi connectivity index (χ0) is 12.8. The Kier molecular flexibility index (Phi) is 6.17. The van der Waals surface area contributed by atoms with Crippen molar-refractivity contribution in [3.05, 3.63) is 33.8 Å². The zero-order valence-electron chi connectivity index (χ0n) is 9.80. The van der Waals surface area contributed by atoms with E-state index in [1.165, 1.54) is 11.8 Å². The molecule has 94 valence electrons. The molecule has 0 heterocycles. The average molecular weight is 292 g/mol. The topological polar surface area (TPSA) is 29.1 Å². The van der Waals surface area contributed by atoms with E-state index in [4.69, 9.17) is 23.2 Å². The molecular weight excluding hydrogens is 277 g/mol. The molecule has 2 nitrogen and oxygen atoms in total. The largest absolute Gasteiger partial charge is 0.353 e. The molecule has 0 atom stereocenters. The first-order valence-electron chi connectivity index (χ1n) is 5.30. The molecule has 0 radical (unpaired) electrons. The van der Waals surface area contributed by atoms with E-state index < -0.39 is 0 Å². The maximum Gasteiger partial charge on any atom is 0.230 e. The van der Waals surface area contributed by atoms with Crippen LogP contribution in [0, 0.1) is 0 Å². The highest BCUT2D eigenvalue weighted by Crippen LogP contribution is 2.24. The SMILES string of the molecule is CC(C)NC(=O)CSCc1ccc(Cl)cc1Cl. The van der Waals surface area contributed by atoms with Crippen molar-refractivity contribution in [3.8, 4) is 0 Å². The van der Waals surface area contributed by atoms with Crippen LogP contribution in [0.1, 0.15) is 19.4 Å². The Hall–Kier alpha value is -0.380. The molecule has 0 aliphatic rings. The lowest BCUT2D eigenvalue weighted by molar-refractivity contribution is -0.119. The quantitative estimate of drug-likeness (QED) is 0.895. The molecule has 0 unspecified atom stereocenters. The molecule has 0 aromatic heterocycles. The van der Waals surface area contributed by atoms with Crippen LogP contribution in [-0.2, 0) is 10.5 Å². The average Bonchev–Trinajstić information content (AvgIpc) is 2.20. The smallest absolute Gasteiger partial charge is 0.230 e. The van der Waals surface area contributed by atoms with E-state index in [0.717, 1.165) is 5.56 Å². The third kappa shape index (κ3) is 5.66. The maximum absolute atomic E-state index is 11.4. The van der Waals surface area contributed by atoms with E-state index in [-0.39, 0.29) is 11.9 Å². The minimum atomic E-state index is 0.0510. The molecule has 17 heavy (non-hydrogen) atoms. The highest BCUT2D eigenvalue weighted by molar-refractivity contribution is 7.99. The van der Waals surface area contributed by atoms with Crippen molar-refractivity contribution >= 4 is 40.9 Å². The standard InChI is InChI=1S/C12H15Cl2NOS/c1-8(2)15-12(16)7-17-6-9-3-4-10(13)5-11(9)14/h3-5,8H,6-7H2,1-2H3,(H,15,16). The first kappa shape index (κ1) is 14.7. The van der Waals surface area contributed by atoms with Crippen molar-refractivity contribution in [2.45, 2.75) is 25.6 Å². The Morgan fingerprint density at radius 1 is 1.41 bits per heavy atom. The van der Waals surface area contributed by atoms with E-state index in [1.54, 1.807) is 12.1 Å². The Morgan fingerprint density at radius 2 is 2.12 bits per heavy atom. The molecule has 1 N–H and O–H groups in total. The summed E-state index contributed by atoms with van der Waals surface area (Å²) in [5.41, 5.74) is 0.999. The van der Waals surface area contributed by atoms with Crippen molar-refractivity contribution < 1.29 is 4.79 Å². The monoisotopic (exact) mass is 291 g/mol. The minimum Gasteiger partial charge on any atom is -0.353 e. The van der Waals surface area contributed by atoms with Crippen LogP contribution >= 0.6 is 35.0 Å². The van der Waals surface area contributed by atoms with Gasteiger partial charge in [0.15, 0.2) is 0 Å². The summed E-state index contributed by atoms with van der Waals surface area (Å²) in [7, 11) is 0. The molecule has 0 saturated heterocycles. The normalized spacial score (nSPS) is 10.6. The van der Waals surface area contributed by atoms with Gasteiger partial charge < -0.3 is 5.32 Å². The summed E-state index contributed by atoms with van der Waals surface area (Å²) in [6.45, 7) is 3.89. The summed E-state index contributed by atoms with van der Waals surface area (Å²) in [4.78, 5) is 11.4. The highest BCUT2D eigenvalue weighted by atomic mass is 35.5. The Labute approximate surface area is 116 Å². The highest BCUT2D eigenvalue weighted by Gasteiger charge is 2.05. The lowest BCUT2D eigenvalue weighted by Gasteiger charge is -2.08. The summed E-state index contributed by atoms with van der Waals surface area (Å²) in [6.07, 6.45) is 0. The fraction of sp³-hybridized carbons (Fsp3) is 0.417. The lowest BCUT2D eigenvalue weighted by Crippen LogP contribution is -2.31. The summed E-state index contributed by atoms with van der Waals surface area (Å²) >= 11 is 13.4. The fourth-order valence-corrected chi connectivity index (χ4v) is 2.65. The number of benzene rings is 1. The van der Waals surface area contributed by atoms with Gasteiger partial charge in [0.1, 0.15) is 0 Å². The number of carbonyl (C=O) groups is 1. The van der Waals surface area contributed by atoms with E-state index in [2.05, 4.69) is 5.32 Å². The van der Waals surface area contributed by atoms with Gasteiger partial charge in [0, 0.05) is 21.8 Å². The second kappa shape index (κ2) is 7.14. The molecule has 5 heteroatoms. The van der Waals surface area contributed by atoms with Gasteiger partial charge in [0.2, 0.25) is 5.91 Å². The van der Waals surface area contributed by atoms with Crippen LogP contribution in [0.2, 0.25) is 10.0 Å². The van der Waals surface area contributed by atoms with Crippen molar-refractivity contribution in [2.24, 2.45) is 0 Å². The molecule has 0 spiro atoms. The van der Waals surface area contributed by atoms with E-state index in [1.807, 2.05) is 19.9 Å². The Morgan fingerprint density at radius 3 is 2.71 bits per heavy atom. The van der Waals surface area contributed by atoms with Gasteiger partial charge in [-0.25, -0.2) is 0 Å². The first-order valence-corrected chi connectivity index (χ1v) is 7.21. The maximum atomic E-state index is 11.4. The molecule has 0 bridgehead atoms. The predicted molar refractivity (Wildman–Crippen MR) is 75.9 cm³/mol. The van der Waals surface area contributed by atoms with Gasteiger partial charge in [-0.3, -0.25) is 4.79 Å². The number of thioether (sulfide) groups is 1. The van der Waals surface area contributed by atoms with E-state index >= 15 is 0 Å². The summed E-state index contributed by atoms with van der Waals surface area (Å²) in [5.74, 6) is 1.20. The van der Waals surface area contributed by atoms with Gasteiger partial charge in [0.25, 0.3) is 0 Å². The van der Waals surface area contributed by atoms with Gasteiger partial charge in [-0.05, 0) is 31.5 Å². The third-order valence-corrected chi connectivity index (χ3v) is 3.52. The lowest BCUT2D eigenvalue weighted by atomic mass is 10.2. The second-order valence-corrected chi connectivity index (χ2v) is 5.78. The Balaban J connectivity index is 2.38. The Bertz CT molecular complexity index is 396. The number of amides is 1. The molecule has 0 saturated carbocycles. The van der Waals surface area contributed by atoms with Crippen molar-refractivity contribution in [3.63, 3.8) is 0 Å². The number of rotatable bonds is 5. The van der Waals surface area contributed by atoms with Crippen LogP contribution in [0.4, 0.5) is 0 Å². The third-order valence-electron chi connectivity index (χ3n) is 1.96. The van der Waals surface area contributed by atoms with Crippen LogP contribution in [-0.4, -0.2) is 17.7 Å². The minimum absolute atomic E-state index is 0.0510. The van der Waals surface area contributed by atoms with Crippen molar-refractivity contribution in [2.75, 3.05) is 5.75 Å². The number of carbonyl (C=O) groups excluding carboxylic acids is 1. The van der Waals surface area contributed by atoms with Gasteiger partial charge in [-0.15, -0.1) is 11.8 Å². The van der Waals surface area contributed by atoms with Crippen LogP contribution in [0.5, 0.6) is 0 Å². The van der Waals surface area contributed by atoms with Gasteiger partial charge >= 0.3 is 0 Å². The van der Waals surface area contributed by atoms with Crippen LogP contribution in [0.25, 0.3) is 0 Å². The molecule has 1 amide bonds. The second-order valence-electron chi connectivity index (χ2n) is 3.95. The number of hydrogen-bond donors (Lipinski definition) is 1. The first-order chi connectivity index (χ1) is 7.99. The van der Waals surface area contributed by atoms with Crippen molar-refractivity contribution in [1.82, 2.24) is 5.32 Å². The molecule has 1 aromatic rings. The number of nitrogens with one attached hydrogen (secondary N) is 1. The summed E-state index contributed by atoms with van der Waals surface area (Å²) in [6, 6.07) is 5.59. The molecule has 1 rings (SSSR count). The fourth-order valence-electron chi connectivity index (χ4n) is 1.26. The van der Waals surface area contributed by atoms with Gasteiger partial charge in [0.05, 0.1) is 5.75 Å². The van der Waals surface area contributed by atoms with E-state index in [0.29, 0.717) is 21.6 Å². The van der Waals surface area contributed by atoms with Gasteiger partial charge in [-0.1, -0.05) is 29.3 Å². The zero-order valence-corrected chi connectivity index (χ0v) is 12.1. The van der Waals surface area contributed by atoms with E-state index in [9.17, 15) is 4.79 Å². The molecule has 0 aliphatic carbocycles. The van der Waals surface area contributed by atoms with Crippen LogP contribution < -0.4 is 5.32 Å². The molecule has 0 fully saturated rings. The summed E-state index contributed by atoms with van der Waals surface area (Å²) in [5, 5.41) is 4.11. The number of hydrogen-bond acceptors (Lipinski definition) is 2. The van der Waals surface area contributed by atoms with Crippen LogP contribution in [0.3, 0.4) is 0 Å². The number of halogens is 2. The molecule has 1 aromatic carbocycles. The predicted octanol–water partition coefficient (Wildman–Crippen LogP) is 3.75. The van der Waals surface area contributed by atoms with Crippen molar-refractivity contribution in [1.29, 1.82) is 0 Å². The summed E-state index contributed by atoms with van der Waals surface area (Å²) < 4.78 is 0. The van der Waals surface area contributed by atoms with Gasteiger partial charge in [-0.2, -0.15) is 0 Å². The molecular formula is C12H15Cl2NOS.